The first-order chi connectivity index (χ1) is 17.1. The lowest BCUT2D eigenvalue weighted by Crippen LogP contribution is -2.48. The Balaban J connectivity index is 1.88. The zero-order valence-corrected chi connectivity index (χ0v) is 20.8. The number of aromatic nitrogens is 2. The summed E-state index contributed by atoms with van der Waals surface area (Å²) >= 11 is 1.21. The second-order valence-corrected chi connectivity index (χ2v) is 9.27. The highest BCUT2D eigenvalue weighted by atomic mass is 32.2. The molecular formula is C23H28F3N7O2S. The third-order valence-electron chi connectivity index (χ3n) is 5.80. The van der Waals surface area contributed by atoms with Gasteiger partial charge >= 0.3 is 6.18 Å². The molecule has 1 aromatic heterocycles. The van der Waals surface area contributed by atoms with E-state index < -0.39 is 23.2 Å². The van der Waals surface area contributed by atoms with Gasteiger partial charge in [-0.2, -0.15) is 23.4 Å². The van der Waals surface area contributed by atoms with Crippen molar-refractivity contribution in [3.8, 4) is 6.07 Å². The molecule has 0 saturated carbocycles. The van der Waals surface area contributed by atoms with E-state index in [0.717, 1.165) is 25.2 Å². The molecule has 1 fully saturated rings. The van der Waals surface area contributed by atoms with Gasteiger partial charge in [0.2, 0.25) is 11.9 Å². The topological polar surface area (TPSA) is 129 Å². The Morgan fingerprint density at radius 3 is 2.67 bits per heavy atom. The van der Waals surface area contributed by atoms with Crippen LogP contribution in [0.1, 0.15) is 30.9 Å². The number of carbonyl (C=O) groups excluding carboxylic acids is 1. The lowest BCUT2D eigenvalue weighted by molar-refractivity contribution is -0.137. The molecule has 0 bridgehead atoms. The third kappa shape index (κ3) is 6.99. The van der Waals surface area contributed by atoms with Gasteiger partial charge in [0.05, 0.1) is 18.8 Å². The van der Waals surface area contributed by atoms with E-state index in [0.29, 0.717) is 37.6 Å². The van der Waals surface area contributed by atoms with Crippen molar-refractivity contribution in [1.82, 2.24) is 14.9 Å². The number of alkyl halides is 3. The zero-order chi connectivity index (χ0) is 26.3. The zero-order valence-electron chi connectivity index (χ0n) is 20.0. The van der Waals surface area contributed by atoms with Crippen LogP contribution in [0.2, 0.25) is 0 Å². The molecule has 1 amide bonds. The van der Waals surface area contributed by atoms with E-state index in [2.05, 4.69) is 25.5 Å². The normalized spacial score (nSPS) is 16.1. The second kappa shape index (κ2) is 11.8. The number of nitrogen functional groups attached to an aromatic ring is 1. The van der Waals surface area contributed by atoms with Crippen LogP contribution in [0.3, 0.4) is 0 Å². The van der Waals surface area contributed by atoms with Gasteiger partial charge in [-0.25, -0.2) is 4.98 Å². The SMILES string of the molecule is CSc1nc(N)nc(NC(C)(CCCN2CCOCC2)C(=O)Nc2cccc(C(F)(F)F)c2)c1C#N. The van der Waals surface area contributed by atoms with E-state index in [-0.39, 0.29) is 23.0 Å². The van der Waals surface area contributed by atoms with Crippen molar-refractivity contribution in [2.24, 2.45) is 0 Å². The molecule has 1 unspecified atom stereocenters. The van der Waals surface area contributed by atoms with Gasteiger partial charge in [-0.15, -0.1) is 11.8 Å². The maximum absolute atomic E-state index is 13.5. The smallest absolute Gasteiger partial charge is 0.379 e. The van der Waals surface area contributed by atoms with Gasteiger partial charge in [-0.3, -0.25) is 9.69 Å². The predicted molar refractivity (Wildman–Crippen MR) is 132 cm³/mol. The number of ether oxygens (including phenoxy) is 1. The van der Waals surface area contributed by atoms with Gasteiger partial charge < -0.3 is 21.1 Å². The number of carbonyl (C=O) groups is 1. The molecule has 36 heavy (non-hydrogen) atoms. The van der Waals surface area contributed by atoms with Crippen LogP contribution in [0.15, 0.2) is 29.3 Å². The summed E-state index contributed by atoms with van der Waals surface area (Å²) in [4.78, 5) is 23.9. The number of thioether (sulfide) groups is 1. The summed E-state index contributed by atoms with van der Waals surface area (Å²) in [5.41, 5.74) is 3.75. The molecule has 0 spiro atoms. The van der Waals surface area contributed by atoms with Crippen molar-refractivity contribution in [3.63, 3.8) is 0 Å². The molecule has 1 atom stereocenters. The number of amides is 1. The molecular weight excluding hydrogens is 495 g/mol. The summed E-state index contributed by atoms with van der Waals surface area (Å²) in [7, 11) is 0. The van der Waals surface area contributed by atoms with E-state index in [1.54, 1.807) is 13.2 Å². The fourth-order valence-electron chi connectivity index (χ4n) is 3.81. The van der Waals surface area contributed by atoms with Crippen LogP contribution in [0, 0.1) is 11.3 Å². The predicted octanol–water partition coefficient (Wildman–Crippen LogP) is 3.59. The number of hydrogen-bond acceptors (Lipinski definition) is 9. The van der Waals surface area contributed by atoms with Crippen LogP contribution in [0.4, 0.5) is 30.6 Å². The summed E-state index contributed by atoms with van der Waals surface area (Å²) < 4.78 is 44.9. The number of rotatable bonds is 9. The highest BCUT2D eigenvalue weighted by Gasteiger charge is 2.36. The highest BCUT2D eigenvalue weighted by molar-refractivity contribution is 7.98. The third-order valence-corrected chi connectivity index (χ3v) is 6.48. The number of morpholine rings is 1. The quantitative estimate of drug-likeness (QED) is 0.333. The standard InChI is InChI=1S/C23H28F3N7O2S/c1-22(7-4-8-33-9-11-35-12-10-33,32-18-17(14-27)19(36-2)31-21(28)30-18)20(34)29-16-6-3-5-15(13-16)23(24,25)26/h3,5-6,13H,4,7-12H2,1-2H3,(H,29,34)(H3,28,30,31,32). The summed E-state index contributed by atoms with van der Waals surface area (Å²) in [6.07, 6.45) is -1.92. The number of nitrogens with one attached hydrogen (secondary N) is 2. The van der Waals surface area contributed by atoms with Crippen molar-refractivity contribution in [3.05, 3.63) is 35.4 Å². The Morgan fingerprint density at radius 2 is 2.03 bits per heavy atom. The van der Waals surface area contributed by atoms with E-state index in [9.17, 15) is 23.2 Å². The van der Waals surface area contributed by atoms with Crippen LogP contribution < -0.4 is 16.4 Å². The minimum atomic E-state index is -4.55. The van der Waals surface area contributed by atoms with Gasteiger partial charge in [-0.05, 0) is 50.8 Å². The number of hydrogen-bond donors (Lipinski definition) is 3. The Hall–Kier alpha value is -3.08. The second-order valence-electron chi connectivity index (χ2n) is 8.47. The fraction of sp³-hybridized carbons (Fsp3) is 0.478. The molecule has 1 aliphatic heterocycles. The van der Waals surface area contributed by atoms with Gasteiger partial charge in [0.1, 0.15) is 22.2 Å². The molecule has 13 heteroatoms. The van der Waals surface area contributed by atoms with Crippen LogP contribution in [-0.4, -0.2) is 65.4 Å². The molecule has 3 rings (SSSR count). The van der Waals surface area contributed by atoms with Crippen LogP contribution in [0.25, 0.3) is 0 Å². The highest BCUT2D eigenvalue weighted by Crippen LogP contribution is 2.32. The van der Waals surface area contributed by atoms with Crippen molar-refractivity contribution in [2.75, 3.05) is 55.5 Å². The van der Waals surface area contributed by atoms with E-state index in [4.69, 9.17) is 10.5 Å². The first kappa shape index (κ1) is 27.5. The molecule has 2 heterocycles. The maximum Gasteiger partial charge on any atom is 0.416 e. The minimum absolute atomic E-state index is 0.00328. The Bertz CT molecular complexity index is 1120. The summed E-state index contributed by atoms with van der Waals surface area (Å²) in [6, 6.07) is 6.46. The van der Waals surface area contributed by atoms with Crippen LogP contribution >= 0.6 is 11.8 Å². The van der Waals surface area contributed by atoms with Crippen molar-refractivity contribution in [2.45, 2.75) is 36.5 Å². The molecule has 0 radical (unpaired) electrons. The van der Waals surface area contributed by atoms with Gasteiger partial charge in [0.25, 0.3) is 0 Å². The van der Waals surface area contributed by atoms with Crippen molar-refractivity contribution < 1.29 is 22.7 Å². The summed E-state index contributed by atoms with van der Waals surface area (Å²) in [6.45, 7) is 5.14. The van der Waals surface area contributed by atoms with Crippen molar-refractivity contribution in [1.29, 1.82) is 5.26 Å². The molecule has 1 saturated heterocycles. The summed E-state index contributed by atoms with van der Waals surface area (Å²) in [5, 5.41) is 15.7. The van der Waals surface area contributed by atoms with Gasteiger partial charge in [0.15, 0.2) is 5.82 Å². The van der Waals surface area contributed by atoms with Crippen LogP contribution in [-0.2, 0) is 15.7 Å². The number of benzene rings is 1. The van der Waals surface area contributed by atoms with E-state index >= 15 is 0 Å². The fourth-order valence-corrected chi connectivity index (χ4v) is 4.34. The lowest BCUT2D eigenvalue weighted by Gasteiger charge is -2.32. The average Bonchev–Trinajstić information content (AvgIpc) is 2.84. The molecule has 1 aromatic carbocycles. The largest absolute Gasteiger partial charge is 0.416 e. The Kier molecular flexibility index (Phi) is 8.99. The first-order valence-corrected chi connectivity index (χ1v) is 12.5. The molecule has 9 nitrogen and oxygen atoms in total. The number of nitriles is 1. The van der Waals surface area contributed by atoms with Crippen LogP contribution in [0.5, 0.6) is 0 Å². The van der Waals surface area contributed by atoms with Gasteiger partial charge in [0, 0.05) is 18.8 Å². The maximum atomic E-state index is 13.5. The number of halogens is 3. The first-order valence-electron chi connectivity index (χ1n) is 11.2. The monoisotopic (exact) mass is 523 g/mol. The number of anilines is 3. The van der Waals surface area contributed by atoms with E-state index in [1.165, 1.54) is 23.9 Å². The minimum Gasteiger partial charge on any atom is -0.379 e. The Morgan fingerprint density at radius 1 is 1.31 bits per heavy atom. The van der Waals surface area contributed by atoms with Gasteiger partial charge in [-0.1, -0.05) is 6.07 Å². The lowest BCUT2D eigenvalue weighted by atomic mass is 9.93. The average molecular weight is 524 g/mol. The summed E-state index contributed by atoms with van der Waals surface area (Å²) in [5.74, 6) is -0.562. The molecule has 1 aliphatic rings. The molecule has 4 N–H and O–H groups in total. The molecule has 194 valence electrons. The van der Waals surface area contributed by atoms with E-state index in [1.807, 2.05) is 6.07 Å². The van der Waals surface area contributed by atoms with Crippen molar-refractivity contribution >= 4 is 35.1 Å². The Labute approximate surface area is 211 Å². The molecule has 0 aliphatic carbocycles. The molecule has 2 aromatic rings. The number of nitrogens with two attached hydrogens (primary N) is 1. The number of nitrogens with zero attached hydrogens (tertiary/aromatic N) is 4.